The lowest BCUT2D eigenvalue weighted by Gasteiger charge is -2.05. The lowest BCUT2D eigenvalue weighted by Crippen LogP contribution is -2.07. The predicted octanol–water partition coefficient (Wildman–Crippen LogP) is 5.01. The van der Waals surface area contributed by atoms with Gasteiger partial charge >= 0.3 is 0 Å². The van der Waals surface area contributed by atoms with Gasteiger partial charge in [-0.05, 0) is 29.5 Å². The molecule has 0 saturated carbocycles. The molecule has 0 aliphatic heterocycles. The molecule has 4 heteroatoms. The molecule has 0 aliphatic rings. The third kappa shape index (κ3) is 3.29. The van der Waals surface area contributed by atoms with E-state index in [0.29, 0.717) is 5.95 Å². The van der Waals surface area contributed by atoms with Crippen molar-refractivity contribution in [1.29, 1.82) is 0 Å². The van der Waals surface area contributed by atoms with Gasteiger partial charge in [0.05, 0.1) is 0 Å². The van der Waals surface area contributed by atoms with Crippen LogP contribution >= 0.6 is 11.3 Å². The average Bonchev–Trinajstić information content (AvgIpc) is 3.07. The zero-order chi connectivity index (χ0) is 16.2. The maximum absolute atomic E-state index is 4.44. The van der Waals surface area contributed by atoms with E-state index in [1.54, 1.807) is 11.3 Å². The first-order valence-corrected chi connectivity index (χ1v) is 8.79. The molecule has 118 valence electrons. The van der Waals surface area contributed by atoms with Gasteiger partial charge in [0, 0.05) is 34.1 Å². The Balaban J connectivity index is 1.42. The van der Waals surface area contributed by atoms with E-state index in [2.05, 4.69) is 69.9 Å². The molecule has 1 N–H and O–H groups in total. The smallest absolute Gasteiger partial charge is 0.222 e. The van der Waals surface area contributed by atoms with Crippen molar-refractivity contribution in [3.63, 3.8) is 0 Å². The SMILES string of the molecule is c1ccc(CCNc2ncc(-c3cc4ccccc4s3)cn2)cc1. The number of anilines is 1. The van der Waals surface area contributed by atoms with Gasteiger partial charge in [-0.15, -0.1) is 11.3 Å². The molecule has 2 aromatic carbocycles. The molecule has 24 heavy (non-hydrogen) atoms. The summed E-state index contributed by atoms with van der Waals surface area (Å²) in [6.45, 7) is 0.826. The molecule has 0 aliphatic carbocycles. The van der Waals surface area contributed by atoms with Crippen LogP contribution in [0, 0.1) is 0 Å². The molecule has 0 spiro atoms. The Bertz CT molecular complexity index is 897. The summed E-state index contributed by atoms with van der Waals surface area (Å²) in [6, 6.07) is 21.0. The monoisotopic (exact) mass is 331 g/mol. The number of benzene rings is 2. The van der Waals surface area contributed by atoms with Crippen molar-refractivity contribution >= 4 is 27.4 Å². The van der Waals surface area contributed by atoms with Crippen LogP contribution in [-0.2, 0) is 6.42 Å². The molecule has 4 aromatic rings. The number of rotatable bonds is 5. The third-order valence-corrected chi connectivity index (χ3v) is 5.07. The van der Waals surface area contributed by atoms with Gasteiger partial charge in [-0.25, -0.2) is 9.97 Å². The molecule has 0 bridgehead atoms. The molecule has 0 radical (unpaired) electrons. The predicted molar refractivity (Wildman–Crippen MR) is 101 cm³/mol. The summed E-state index contributed by atoms with van der Waals surface area (Å²) in [6.07, 6.45) is 4.74. The summed E-state index contributed by atoms with van der Waals surface area (Å²) in [4.78, 5) is 10.1. The number of nitrogens with zero attached hydrogens (tertiary/aromatic N) is 2. The van der Waals surface area contributed by atoms with Gasteiger partial charge < -0.3 is 5.32 Å². The summed E-state index contributed by atoms with van der Waals surface area (Å²) in [5, 5.41) is 4.55. The van der Waals surface area contributed by atoms with Crippen molar-refractivity contribution in [1.82, 2.24) is 9.97 Å². The second-order valence-corrected chi connectivity index (χ2v) is 6.69. The number of hydrogen-bond donors (Lipinski definition) is 1. The van der Waals surface area contributed by atoms with Gasteiger partial charge in [-0.2, -0.15) is 0 Å². The van der Waals surface area contributed by atoms with Crippen LogP contribution in [0.15, 0.2) is 73.1 Å². The normalized spacial score (nSPS) is 10.8. The van der Waals surface area contributed by atoms with E-state index in [1.165, 1.54) is 20.5 Å². The van der Waals surface area contributed by atoms with E-state index in [4.69, 9.17) is 0 Å². The summed E-state index contributed by atoms with van der Waals surface area (Å²) >= 11 is 1.77. The van der Waals surface area contributed by atoms with Crippen molar-refractivity contribution < 1.29 is 0 Å². The van der Waals surface area contributed by atoms with Crippen molar-refractivity contribution in [2.24, 2.45) is 0 Å². The quantitative estimate of drug-likeness (QED) is 0.558. The van der Waals surface area contributed by atoms with E-state index >= 15 is 0 Å². The van der Waals surface area contributed by atoms with Gasteiger partial charge in [0.1, 0.15) is 0 Å². The van der Waals surface area contributed by atoms with Gasteiger partial charge in [0.25, 0.3) is 0 Å². The Morgan fingerprint density at radius 1 is 0.875 bits per heavy atom. The van der Waals surface area contributed by atoms with E-state index in [0.717, 1.165) is 18.5 Å². The van der Waals surface area contributed by atoms with E-state index in [1.807, 2.05) is 18.5 Å². The number of fused-ring (bicyclic) bond motifs is 1. The van der Waals surface area contributed by atoms with E-state index in [-0.39, 0.29) is 0 Å². The van der Waals surface area contributed by atoms with Crippen LogP contribution < -0.4 is 5.32 Å². The molecular weight excluding hydrogens is 314 g/mol. The Hall–Kier alpha value is -2.72. The minimum Gasteiger partial charge on any atom is -0.354 e. The van der Waals surface area contributed by atoms with Crippen molar-refractivity contribution in [3.05, 3.63) is 78.6 Å². The molecule has 0 atom stereocenters. The van der Waals surface area contributed by atoms with Crippen LogP contribution in [0.4, 0.5) is 5.95 Å². The van der Waals surface area contributed by atoms with Gasteiger partial charge in [0.2, 0.25) is 5.95 Å². The zero-order valence-corrected chi connectivity index (χ0v) is 14.0. The second-order valence-electron chi connectivity index (χ2n) is 5.61. The van der Waals surface area contributed by atoms with Gasteiger partial charge in [-0.3, -0.25) is 0 Å². The lowest BCUT2D eigenvalue weighted by molar-refractivity contribution is 0.984. The van der Waals surface area contributed by atoms with Crippen molar-refractivity contribution in [3.8, 4) is 10.4 Å². The number of hydrogen-bond acceptors (Lipinski definition) is 4. The van der Waals surface area contributed by atoms with Crippen LogP contribution in [0.5, 0.6) is 0 Å². The Labute approximate surface area is 145 Å². The summed E-state index contributed by atoms with van der Waals surface area (Å²) in [5.74, 6) is 0.677. The molecule has 0 unspecified atom stereocenters. The van der Waals surface area contributed by atoms with Crippen LogP contribution in [0.2, 0.25) is 0 Å². The summed E-state index contributed by atoms with van der Waals surface area (Å²) in [7, 11) is 0. The van der Waals surface area contributed by atoms with Crippen molar-refractivity contribution in [2.45, 2.75) is 6.42 Å². The van der Waals surface area contributed by atoms with Crippen LogP contribution in [0.25, 0.3) is 20.5 Å². The fraction of sp³-hybridized carbons (Fsp3) is 0.100. The molecular formula is C20H17N3S. The molecule has 2 aromatic heterocycles. The Morgan fingerprint density at radius 2 is 1.62 bits per heavy atom. The maximum Gasteiger partial charge on any atom is 0.222 e. The van der Waals surface area contributed by atoms with Crippen LogP contribution in [0.1, 0.15) is 5.56 Å². The first kappa shape index (κ1) is 14.8. The first-order chi connectivity index (χ1) is 11.9. The zero-order valence-electron chi connectivity index (χ0n) is 13.1. The highest BCUT2D eigenvalue weighted by Gasteiger charge is 2.05. The Morgan fingerprint density at radius 3 is 2.42 bits per heavy atom. The van der Waals surface area contributed by atoms with Crippen LogP contribution in [0.3, 0.4) is 0 Å². The largest absolute Gasteiger partial charge is 0.354 e. The molecule has 0 saturated heterocycles. The summed E-state index contributed by atoms with van der Waals surface area (Å²) in [5.41, 5.74) is 2.37. The lowest BCUT2D eigenvalue weighted by atomic mass is 10.1. The van der Waals surface area contributed by atoms with Crippen molar-refractivity contribution in [2.75, 3.05) is 11.9 Å². The minimum atomic E-state index is 0.677. The molecule has 2 heterocycles. The van der Waals surface area contributed by atoms with E-state index < -0.39 is 0 Å². The molecule has 4 rings (SSSR count). The minimum absolute atomic E-state index is 0.677. The second kappa shape index (κ2) is 6.81. The fourth-order valence-corrected chi connectivity index (χ4v) is 3.67. The highest BCUT2D eigenvalue weighted by atomic mass is 32.1. The average molecular weight is 331 g/mol. The highest BCUT2D eigenvalue weighted by molar-refractivity contribution is 7.22. The molecule has 0 amide bonds. The van der Waals surface area contributed by atoms with Crippen LogP contribution in [-0.4, -0.2) is 16.5 Å². The number of aromatic nitrogens is 2. The third-order valence-electron chi connectivity index (χ3n) is 3.90. The highest BCUT2D eigenvalue weighted by Crippen LogP contribution is 2.32. The molecule has 3 nitrogen and oxygen atoms in total. The van der Waals surface area contributed by atoms with Gasteiger partial charge in [0.15, 0.2) is 0 Å². The summed E-state index contributed by atoms with van der Waals surface area (Å²) < 4.78 is 1.29. The standard InChI is InChI=1S/C20H17N3S/c1-2-6-15(7-3-1)10-11-21-20-22-13-17(14-23-20)19-12-16-8-4-5-9-18(16)24-19/h1-9,12-14H,10-11H2,(H,21,22,23). The van der Waals surface area contributed by atoms with E-state index in [9.17, 15) is 0 Å². The number of nitrogens with one attached hydrogen (secondary N) is 1. The topological polar surface area (TPSA) is 37.8 Å². The number of thiophene rings is 1. The van der Waals surface area contributed by atoms with Gasteiger partial charge in [-0.1, -0.05) is 48.5 Å². The fourth-order valence-electron chi connectivity index (χ4n) is 2.63. The molecule has 0 fully saturated rings. The Kier molecular flexibility index (Phi) is 4.21. The first-order valence-electron chi connectivity index (χ1n) is 7.97. The maximum atomic E-state index is 4.44.